The van der Waals surface area contributed by atoms with Crippen LogP contribution in [-0.2, 0) is 13.6 Å². The minimum atomic E-state index is -2.37. The molecule has 0 atom stereocenters. The molecule has 1 N–H and O–H groups in total. The number of carbonyl (C=O) groups excluding carboxylic acids is 1. The molecule has 2 aromatic heterocycles. The molecule has 0 bridgehead atoms. The van der Waals surface area contributed by atoms with Crippen LogP contribution in [0.25, 0.3) is 11.0 Å². The van der Waals surface area contributed by atoms with E-state index in [1.807, 2.05) is 0 Å². The lowest BCUT2D eigenvalue weighted by molar-refractivity contribution is 0.0716. The van der Waals surface area contributed by atoms with Gasteiger partial charge in [0.2, 0.25) is 34.8 Å². The Labute approximate surface area is 188 Å². The van der Waals surface area contributed by atoms with Crippen LogP contribution in [0.2, 0.25) is 0 Å². The average molecular weight is 478 g/mol. The van der Waals surface area contributed by atoms with E-state index in [0.29, 0.717) is 16.8 Å². The number of methoxy groups -OCH3 is 1. The number of benzene rings is 2. The summed E-state index contributed by atoms with van der Waals surface area (Å²) in [5, 5.41) is 7.45. The molecule has 2 heterocycles. The minimum Gasteiger partial charge on any atom is -0.497 e. The molecular weight excluding hydrogens is 463 g/mol. The van der Waals surface area contributed by atoms with Crippen LogP contribution < -0.4 is 14.8 Å². The number of hydrogen-bond acceptors (Lipinski definition) is 6. The zero-order chi connectivity index (χ0) is 24.6. The molecular formula is C22H15F5N4O3. The number of anilines is 1. The summed E-state index contributed by atoms with van der Waals surface area (Å²) < 4.78 is 79.5. The molecule has 4 rings (SSSR count). The first-order valence-electron chi connectivity index (χ1n) is 9.64. The van der Waals surface area contributed by atoms with Crippen LogP contribution in [0.15, 0.2) is 36.7 Å². The van der Waals surface area contributed by atoms with Crippen molar-refractivity contribution >= 4 is 22.7 Å². The molecule has 176 valence electrons. The number of nitrogens with zero attached hydrogens (tertiary/aromatic N) is 3. The summed E-state index contributed by atoms with van der Waals surface area (Å²) in [5.74, 6) is -13.8. The summed E-state index contributed by atoms with van der Waals surface area (Å²) >= 11 is 0. The Morgan fingerprint density at radius 1 is 0.971 bits per heavy atom. The van der Waals surface area contributed by atoms with Crippen LogP contribution in [0.5, 0.6) is 11.5 Å². The van der Waals surface area contributed by atoms with Crippen molar-refractivity contribution in [1.82, 2.24) is 14.8 Å². The van der Waals surface area contributed by atoms with E-state index in [2.05, 4.69) is 20.1 Å². The van der Waals surface area contributed by atoms with Crippen LogP contribution in [0.3, 0.4) is 0 Å². The first-order valence-corrected chi connectivity index (χ1v) is 9.64. The van der Waals surface area contributed by atoms with Crippen molar-refractivity contribution in [2.75, 3.05) is 12.4 Å². The normalized spacial score (nSPS) is 11.0. The maximum atomic E-state index is 14.0. The van der Waals surface area contributed by atoms with Gasteiger partial charge in [0.05, 0.1) is 24.4 Å². The van der Waals surface area contributed by atoms with E-state index in [0.717, 1.165) is 11.8 Å². The van der Waals surface area contributed by atoms with Gasteiger partial charge in [-0.25, -0.2) is 22.9 Å². The number of fused-ring (bicyclic) bond motifs is 1. The Morgan fingerprint density at radius 3 is 2.21 bits per heavy atom. The van der Waals surface area contributed by atoms with E-state index in [4.69, 9.17) is 4.74 Å². The number of halogens is 5. The van der Waals surface area contributed by atoms with Gasteiger partial charge in [0.1, 0.15) is 11.3 Å². The molecule has 0 unspecified atom stereocenters. The predicted octanol–water partition coefficient (Wildman–Crippen LogP) is 4.50. The first kappa shape index (κ1) is 23.0. The molecule has 7 nitrogen and oxygen atoms in total. The lowest BCUT2D eigenvalue weighted by atomic mass is 10.1. The molecule has 0 saturated heterocycles. The second-order valence-corrected chi connectivity index (χ2v) is 7.04. The smallest absolute Gasteiger partial charge is 0.347 e. The van der Waals surface area contributed by atoms with E-state index in [1.165, 1.54) is 18.0 Å². The molecule has 12 heteroatoms. The number of esters is 1. The third-order valence-electron chi connectivity index (χ3n) is 4.97. The summed E-state index contributed by atoms with van der Waals surface area (Å²) in [6, 6.07) is 6.98. The summed E-state index contributed by atoms with van der Waals surface area (Å²) in [4.78, 5) is 16.9. The van der Waals surface area contributed by atoms with Gasteiger partial charge in [-0.2, -0.15) is 13.9 Å². The number of pyridine rings is 1. The molecule has 0 saturated carbocycles. The van der Waals surface area contributed by atoms with Gasteiger partial charge in [0.25, 0.3) is 0 Å². The molecule has 0 radical (unpaired) electrons. The Balaban J connectivity index is 1.72. The minimum absolute atomic E-state index is 0.141. The summed E-state index contributed by atoms with van der Waals surface area (Å²) in [5.41, 5.74) is 0.986. The molecule has 0 aliphatic rings. The SMILES string of the molecule is COc1ccc(CNc2c(C(=O)Oc3c(F)c(F)c(F)c(F)c3F)cnc3c2cnn3C)cc1. The predicted molar refractivity (Wildman–Crippen MR) is 110 cm³/mol. The number of aryl methyl sites for hydroxylation is 1. The molecule has 0 aliphatic carbocycles. The van der Waals surface area contributed by atoms with Gasteiger partial charge in [-0.05, 0) is 17.7 Å². The van der Waals surface area contributed by atoms with Gasteiger partial charge in [-0.15, -0.1) is 0 Å². The Morgan fingerprint density at radius 2 is 1.59 bits per heavy atom. The van der Waals surface area contributed by atoms with Crippen molar-refractivity contribution in [2.24, 2.45) is 7.05 Å². The topological polar surface area (TPSA) is 78.3 Å². The maximum absolute atomic E-state index is 14.0. The third kappa shape index (κ3) is 3.98. The zero-order valence-electron chi connectivity index (χ0n) is 17.6. The standard InChI is InChI=1S/C22H15F5N4O3/c1-31-21-12(9-30-31)19(28-7-10-3-5-11(33-2)6-4-10)13(8-29-21)22(32)34-20-17(26)15(24)14(23)16(25)18(20)27/h3-6,8-9H,7H2,1-2H3,(H,28,29). The quantitative estimate of drug-likeness (QED) is 0.145. The van der Waals surface area contributed by atoms with Crippen molar-refractivity contribution in [3.8, 4) is 11.5 Å². The highest BCUT2D eigenvalue weighted by molar-refractivity contribution is 6.04. The lowest BCUT2D eigenvalue weighted by Crippen LogP contribution is -2.16. The third-order valence-corrected chi connectivity index (χ3v) is 4.97. The highest BCUT2D eigenvalue weighted by Crippen LogP contribution is 2.32. The zero-order valence-corrected chi connectivity index (χ0v) is 17.6. The Kier molecular flexibility index (Phi) is 6.05. The molecule has 2 aromatic carbocycles. The number of carbonyl (C=O) groups is 1. The lowest BCUT2D eigenvalue weighted by Gasteiger charge is -2.14. The Hall–Kier alpha value is -4.22. The highest BCUT2D eigenvalue weighted by Gasteiger charge is 2.30. The summed E-state index contributed by atoms with van der Waals surface area (Å²) in [6.45, 7) is 0.195. The average Bonchev–Trinajstić information content (AvgIpc) is 3.23. The van der Waals surface area contributed by atoms with Crippen LogP contribution in [0, 0.1) is 29.1 Å². The molecule has 0 fully saturated rings. The van der Waals surface area contributed by atoms with Crippen molar-refractivity contribution in [1.29, 1.82) is 0 Å². The summed E-state index contributed by atoms with van der Waals surface area (Å²) in [7, 11) is 3.13. The highest BCUT2D eigenvalue weighted by atomic mass is 19.2. The molecule has 0 aliphatic heterocycles. The molecule has 4 aromatic rings. The van der Waals surface area contributed by atoms with Crippen LogP contribution in [0.1, 0.15) is 15.9 Å². The van der Waals surface area contributed by atoms with E-state index in [1.54, 1.807) is 31.3 Å². The number of hydrogen-bond donors (Lipinski definition) is 1. The van der Waals surface area contributed by atoms with Crippen molar-refractivity contribution < 1.29 is 36.2 Å². The Bertz CT molecular complexity index is 1380. The van der Waals surface area contributed by atoms with Crippen LogP contribution >= 0.6 is 0 Å². The van der Waals surface area contributed by atoms with Crippen LogP contribution in [-0.4, -0.2) is 27.8 Å². The van der Waals surface area contributed by atoms with Gasteiger partial charge in [0, 0.05) is 19.8 Å². The van der Waals surface area contributed by atoms with Gasteiger partial charge in [-0.1, -0.05) is 12.1 Å². The van der Waals surface area contributed by atoms with Gasteiger partial charge < -0.3 is 14.8 Å². The largest absolute Gasteiger partial charge is 0.497 e. The molecule has 34 heavy (non-hydrogen) atoms. The number of ether oxygens (including phenoxy) is 2. The maximum Gasteiger partial charge on any atom is 0.347 e. The monoisotopic (exact) mass is 478 g/mol. The van der Waals surface area contributed by atoms with Gasteiger partial charge in [0.15, 0.2) is 5.65 Å². The van der Waals surface area contributed by atoms with Gasteiger partial charge >= 0.3 is 5.97 Å². The fraction of sp³-hybridized carbons (Fsp3) is 0.136. The fourth-order valence-corrected chi connectivity index (χ4v) is 3.20. The molecule has 0 amide bonds. The van der Waals surface area contributed by atoms with E-state index < -0.39 is 40.8 Å². The van der Waals surface area contributed by atoms with Crippen LogP contribution in [0.4, 0.5) is 27.6 Å². The second-order valence-electron chi connectivity index (χ2n) is 7.04. The number of aromatic nitrogens is 3. The van der Waals surface area contributed by atoms with E-state index >= 15 is 0 Å². The fourth-order valence-electron chi connectivity index (χ4n) is 3.20. The first-order chi connectivity index (χ1) is 16.2. The van der Waals surface area contributed by atoms with E-state index in [9.17, 15) is 26.7 Å². The number of nitrogens with one attached hydrogen (secondary N) is 1. The summed E-state index contributed by atoms with van der Waals surface area (Å²) in [6.07, 6.45) is 2.45. The second kappa shape index (κ2) is 8.96. The molecule has 0 spiro atoms. The number of rotatable bonds is 6. The van der Waals surface area contributed by atoms with Gasteiger partial charge in [-0.3, -0.25) is 4.68 Å². The van der Waals surface area contributed by atoms with E-state index in [-0.39, 0.29) is 17.8 Å². The van der Waals surface area contributed by atoms with Crippen molar-refractivity contribution in [2.45, 2.75) is 6.54 Å². The van der Waals surface area contributed by atoms with Crippen molar-refractivity contribution in [3.63, 3.8) is 0 Å². The van der Waals surface area contributed by atoms with Crippen molar-refractivity contribution in [3.05, 3.63) is 76.9 Å².